The van der Waals surface area contributed by atoms with Crippen molar-refractivity contribution < 1.29 is 14.7 Å². The Morgan fingerprint density at radius 2 is 2.45 bits per heavy atom. The number of thioether (sulfide) groups is 1. The first kappa shape index (κ1) is 8.06. The zero-order valence-electron chi connectivity index (χ0n) is 5.48. The maximum absolute atomic E-state index is 10.8. The zero-order chi connectivity index (χ0) is 8.43. The minimum absolute atomic E-state index is 0.154. The topological polar surface area (TPSA) is 92.8 Å². The number of aliphatic imine (C=N–C) groups is 1. The van der Waals surface area contributed by atoms with Crippen molar-refractivity contribution in [3.8, 4) is 0 Å². The molecule has 3 N–H and O–H groups in total. The fraction of sp³-hybridized carbons (Fsp3) is 0.400. The van der Waals surface area contributed by atoms with Gasteiger partial charge in [-0.1, -0.05) is 11.8 Å². The molecule has 0 aliphatic carbocycles. The summed E-state index contributed by atoms with van der Waals surface area (Å²) in [6, 6.07) is 0. The highest BCUT2D eigenvalue weighted by Crippen LogP contribution is 2.22. The van der Waals surface area contributed by atoms with E-state index in [2.05, 4.69) is 4.99 Å². The van der Waals surface area contributed by atoms with E-state index in [1.54, 1.807) is 0 Å². The minimum atomic E-state index is -1.01. The fourth-order valence-corrected chi connectivity index (χ4v) is 1.50. The average molecular weight is 174 g/mol. The minimum Gasteiger partial charge on any atom is -0.481 e. The molecule has 5 nitrogen and oxygen atoms in total. The molecular weight excluding hydrogens is 168 g/mol. The molecule has 0 aromatic rings. The molecule has 1 aliphatic heterocycles. The van der Waals surface area contributed by atoms with E-state index >= 15 is 0 Å². The lowest BCUT2D eigenvalue weighted by Crippen LogP contribution is -2.15. The number of hydrogen-bond acceptors (Lipinski definition) is 4. The van der Waals surface area contributed by atoms with Crippen LogP contribution >= 0.6 is 11.8 Å². The Morgan fingerprint density at radius 1 is 1.82 bits per heavy atom. The predicted molar refractivity (Wildman–Crippen MR) is 40.3 cm³/mol. The van der Waals surface area contributed by atoms with Crippen LogP contribution in [0.15, 0.2) is 4.99 Å². The van der Waals surface area contributed by atoms with Crippen LogP contribution in [0.1, 0.15) is 6.42 Å². The summed E-state index contributed by atoms with van der Waals surface area (Å²) in [6.45, 7) is 0. The molecule has 1 rings (SSSR count). The maximum Gasteiger partial charge on any atom is 0.305 e. The van der Waals surface area contributed by atoms with Crippen molar-refractivity contribution in [2.75, 3.05) is 0 Å². The number of nitrogens with zero attached hydrogens (tertiary/aromatic N) is 1. The van der Waals surface area contributed by atoms with Gasteiger partial charge in [-0.3, -0.25) is 9.59 Å². The van der Waals surface area contributed by atoms with E-state index in [0.29, 0.717) is 0 Å². The van der Waals surface area contributed by atoms with E-state index in [-0.39, 0.29) is 11.6 Å². The number of carbonyl (C=O) groups excluding carboxylic acids is 1. The van der Waals surface area contributed by atoms with E-state index in [1.165, 1.54) is 0 Å². The van der Waals surface area contributed by atoms with Crippen LogP contribution in [0.2, 0.25) is 0 Å². The molecule has 0 radical (unpaired) electrons. The van der Waals surface area contributed by atoms with Gasteiger partial charge in [0.05, 0.1) is 6.42 Å². The second-order valence-corrected chi connectivity index (χ2v) is 3.22. The van der Waals surface area contributed by atoms with Crippen LogP contribution in [0.4, 0.5) is 0 Å². The van der Waals surface area contributed by atoms with E-state index in [1.807, 2.05) is 0 Å². The molecule has 1 amide bonds. The molecule has 0 saturated heterocycles. The number of rotatable bonds is 2. The van der Waals surface area contributed by atoms with Crippen molar-refractivity contribution in [3.05, 3.63) is 0 Å². The molecule has 0 aromatic heterocycles. The first-order valence-corrected chi connectivity index (χ1v) is 3.74. The molecule has 0 spiro atoms. The number of aliphatic carboxylic acids is 1. The van der Waals surface area contributed by atoms with Crippen LogP contribution < -0.4 is 5.73 Å². The Balaban J connectivity index is 2.53. The molecule has 0 unspecified atom stereocenters. The van der Waals surface area contributed by atoms with Crippen molar-refractivity contribution in [2.24, 2.45) is 10.7 Å². The zero-order valence-corrected chi connectivity index (χ0v) is 6.30. The smallest absolute Gasteiger partial charge is 0.305 e. The number of nitrogens with two attached hydrogens (primary N) is 1. The molecule has 60 valence electrons. The average Bonchev–Trinajstić information content (AvgIpc) is 2.09. The molecule has 1 aliphatic rings. The third kappa shape index (κ3) is 1.94. The molecular formula is C5H6N2O3S. The quantitative estimate of drug-likeness (QED) is 0.584. The van der Waals surface area contributed by atoms with E-state index in [9.17, 15) is 9.59 Å². The summed E-state index contributed by atoms with van der Waals surface area (Å²) in [4.78, 5) is 24.3. The Morgan fingerprint density at radius 3 is 2.82 bits per heavy atom. The third-order valence-electron chi connectivity index (χ3n) is 1.12. The third-order valence-corrected chi connectivity index (χ3v) is 2.10. The molecule has 0 aromatic carbocycles. The first-order valence-electron chi connectivity index (χ1n) is 2.86. The Kier molecular flexibility index (Phi) is 2.13. The standard InChI is InChI=1S/C5H6N2O3S/c6-5-7-4(10)2(11-5)1-3(8)9/h2H,1H2,(H,8,9)(H2,6,7,10)/t2-/m0/s1. The Hall–Kier alpha value is -1.04. The molecule has 1 heterocycles. The SMILES string of the molecule is NC1=NC(=O)[C@H](CC(=O)O)S1. The van der Waals surface area contributed by atoms with Gasteiger partial charge in [-0.25, -0.2) is 0 Å². The number of amides is 1. The van der Waals surface area contributed by atoms with Gasteiger partial charge in [-0.05, 0) is 0 Å². The molecule has 11 heavy (non-hydrogen) atoms. The van der Waals surface area contributed by atoms with Gasteiger partial charge in [-0.2, -0.15) is 4.99 Å². The summed E-state index contributed by atoms with van der Waals surface area (Å²) in [5.41, 5.74) is 5.19. The van der Waals surface area contributed by atoms with Crippen LogP contribution in [-0.2, 0) is 9.59 Å². The second-order valence-electron chi connectivity index (χ2n) is 1.99. The van der Waals surface area contributed by atoms with Gasteiger partial charge in [0.2, 0.25) is 0 Å². The van der Waals surface area contributed by atoms with E-state index in [4.69, 9.17) is 10.8 Å². The maximum atomic E-state index is 10.8. The summed E-state index contributed by atoms with van der Waals surface area (Å²) >= 11 is 0.999. The van der Waals surface area contributed by atoms with Crippen molar-refractivity contribution in [3.63, 3.8) is 0 Å². The Labute approximate surface area is 66.7 Å². The largest absolute Gasteiger partial charge is 0.481 e. The van der Waals surface area contributed by atoms with Crippen LogP contribution in [-0.4, -0.2) is 27.4 Å². The van der Waals surface area contributed by atoms with Crippen LogP contribution in [0.5, 0.6) is 0 Å². The monoisotopic (exact) mass is 174 g/mol. The van der Waals surface area contributed by atoms with Crippen molar-refractivity contribution >= 4 is 28.8 Å². The molecule has 0 bridgehead atoms. The van der Waals surface area contributed by atoms with Gasteiger partial charge >= 0.3 is 5.97 Å². The van der Waals surface area contributed by atoms with Gasteiger partial charge in [0.25, 0.3) is 5.91 Å². The van der Waals surface area contributed by atoms with E-state index in [0.717, 1.165) is 11.8 Å². The predicted octanol–water partition coefficient (Wildman–Crippen LogP) is -0.582. The fourth-order valence-electron chi connectivity index (χ4n) is 0.691. The van der Waals surface area contributed by atoms with Gasteiger partial charge < -0.3 is 10.8 Å². The normalized spacial score (nSPS) is 23.5. The lowest BCUT2D eigenvalue weighted by atomic mass is 10.3. The number of hydrogen-bond donors (Lipinski definition) is 2. The number of carboxylic acids is 1. The highest BCUT2D eigenvalue weighted by molar-refractivity contribution is 8.15. The van der Waals surface area contributed by atoms with Crippen LogP contribution in [0, 0.1) is 0 Å². The van der Waals surface area contributed by atoms with Crippen molar-refractivity contribution in [1.82, 2.24) is 0 Å². The van der Waals surface area contributed by atoms with E-state index < -0.39 is 17.1 Å². The lowest BCUT2D eigenvalue weighted by molar-refractivity contribution is -0.138. The van der Waals surface area contributed by atoms with Gasteiger partial charge in [-0.15, -0.1) is 0 Å². The summed E-state index contributed by atoms with van der Waals surface area (Å²) in [5.74, 6) is -1.46. The van der Waals surface area contributed by atoms with Crippen molar-refractivity contribution in [2.45, 2.75) is 11.7 Å². The summed E-state index contributed by atoms with van der Waals surface area (Å²) < 4.78 is 0. The summed E-state index contributed by atoms with van der Waals surface area (Å²) in [6.07, 6.45) is -0.215. The lowest BCUT2D eigenvalue weighted by Gasteiger charge is -1.99. The number of amidine groups is 1. The summed E-state index contributed by atoms with van der Waals surface area (Å²) in [7, 11) is 0. The van der Waals surface area contributed by atoms with Crippen LogP contribution in [0.25, 0.3) is 0 Å². The van der Waals surface area contributed by atoms with Gasteiger partial charge in [0, 0.05) is 0 Å². The van der Waals surface area contributed by atoms with Gasteiger partial charge in [0.1, 0.15) is 5.25 Å². The molecule has 1 atom stereocenters. The number of carboxylic acid groups (broad SMARTS) is 1. The highest BCUT2D eigenvalue weighted by Gasteiger charge is 2.28. The van der Waals surface area contributed by atoms with Crippen LogP contribution in [0.3, 0.4) is 0 Å². The molecule has 6 heteroatoms. The Bertz CT molecular complexity index is 238. The highest BCUT2D eigenvalue weighted by atomic mass is 32.2. The number of carbonyl (C=O) groups is 2. The first-order chi connectivity index (χ1) is 5.09. The second kappa shape index (κ2) is 2.91. The molecule has 0 fully saturated rings. The van der Waals surface area contributed by atoms with Gasteiger partial charge in [0.15, 0.2) is 5.17 Å². The van der Waals surface area contributed by atoms with Crippen molar-refractivity contribution in [1.29, 1.82) is 0 Å². The molecule has 0 saturated carbocycles. The summed E-state index contributed by atoms with van der Waals surface area (Å²) in [5, 5.41) is 7.86.